The minimum absolute atomic E-state index is 0.00616. The standard InChI is InChI=1S/C16H14N4O3/c1-22-14-4-3-11(9-15(14)23-2)12-10-13-16(21)19(6-5-17)7-8-20(13)18-12/h3-4,7-10H,6H2,1-2H3. The highest BCUT2D eigenvalue weighted by Crippen LogP contribution is 2.31. The molecule has 116 valence electrons. The summed E-state index contributed by atoms with van der Waals surface area (Å²) >= 11 is 0. The van der Waals surface area contributed by atoms with Gasteiger partial charge in [-0.2, -0.15) is 10.4 Å². The van der Waals surface area contributed by atoms with Gasteiger partial charge in [0, 0.05) is 18.0 Å². The Balaban J connectivity index is 2.13. The molecule has 0 aliphatic heterocycles. The smallest absolute Gasteiger partial charge is 0.277 e. The SMILES string of the molecule is COc1ccc(-c2cc3c(=O)n(CC#N)ccn3n2)cc1OC. The molecule has 3 aromatic rings. The summed E-state index contributed by atoms with van der Waals surface area (Å²) in [4.78, 5) is 12.3. The fourth-order valence-electron chi connectivity index (χ4n) is 2.36. The number of aromatic nitrogens is 3. The molecule has 0 spiro atoms. The molecule has 0 saturated heterocycles. The van der Waals surface area contributed by atoms with Crippen LogP contribution >= 0.6 is 0 Å². The van der Waals surface area contributed by atoms with Crippen molar-refractivity contribution in [2.45, 2.75) is 6.54 Å². The topological polar surface area (TPSA) is 81.5 Å². The van der Waals surface area contributed by atoms with Gasteiger partial charge in [0.15, 0.2) is 11.5 Å². The van der Waals surface area contributed by atoms with E-state index in [0.717, 1.165) is 5.56 Å². The molecule has 0 aliphatic carbocycles. The molecule has 2 aromatic heterocycles. The molecule has 0 saturated carbocycles. The van der Waals surface area contributed by atoms with E-state index in [9.17, 15) is 4.79 Å². The van der Waals surface area contributed by atoms with Crippen LogP contribution in [0.3, 0.4) is 0 Å². The second-order valence-corrected chi connectivity index (χ2v) is 4.82. The van der Waals surface area contributed by atoms with Crippen LogP contribution in [0.5, 0.6) is 11.5 Å². The molecule has 1 aromatic carbocycles. The summed E-state index contributed by atoms with van der Waals surface area (Å²) in [6.07, 6.45) is 3.20. The lowest BCUT2D eigenvalue weighted by Crippen LogP contribution is -2.20. The predicted octanol–water partition coefficient (Wildman–Crippen LogP) is 1.70. The van der Waals surface area contributed by atoms with E-state index >= 15 is 0 Å². The summed E-state index contributed by atoms with van der Waals surface area (Å²) < 4.78 is 13.3. The van der Waals surface area contributed by atoms with E-state index in [1.165, 1.54) is 9.08 Å². The molecule has 0 bridgehead atoms. The van der Waals surface area contributed by atoms with Gasteiger partial charge in [-0.25, -0.2) is 4.52 Å². The maximum absolute atomic E-state index is 12.3. The minimum Gasteiger partial charge on any atom is -0.493 e. The predicted molar refractivity (Wildman–Crippen MR) is 83.6 cm³/mol. The van der Waals surface area contributed by atoms with E-state index in [0.29, 0.717) is 22.7 Å². The van der Waals surface area contributed by atoms with Gasteiger partial charge >= 0.3 is 0 Å². The van der Waals surface area contributed by atoms with E-state index in [4.69, 9.17) is 14.7 Å². The Morgan fingerprint density at radius 3 is 2.65 bits per heavy atom. The van der Waals surface area contributed by atoms with Crippen LogP contribution in [0.1, 0.15) is 0 Å². The minimum atomic E-state index is -0.256. The average Bonchev–Trinajstić information content (AvgIpc) is 3.02. The van der Waals surface area contributed by atoms with Gasteiger partial charge in [-0.15, -0.1) is 0 Å². The van der Waals surface area contributed by atoms with E-state index in [-0.39, 0.29) is 12.1 Å². The number of hydrogen-bond donors (Lipinski definition) is 0. The third kappa shape index (κ3) is 2.51. The van der Waals surface area contributed by atoms with E-state index in [2.05, 4.69) is 5.10 Å². The third-order valence-electron chi connectivity index (χ3n) is 3.52. The van der Waals surface area contributed by atoms with Crippen LogP contribution in [0.4, 0.5) is 0 Å². The molecule has 23 heavy (non-hydrogen) atoms. The van der Waals surface area contributed by atoms with E-state index < -0.39 is 0 Å². The Bertz CT molecular complexity index is 966. The van der Waals surface area contributed by atoms with Crippen LogP contribution < -0.4 is 15.0 Å². The van der Waals surface area contributed by atoms with Crippen molar-refractivity contribution in [1.29, 1.82) is 5.26 Å². The van der Waals surface area contributed by atoms with Crippen LogP contribution in [-0.2, 0) is 6.54 Å². The first-order valence-corrected chi connectivity index (χ1v) is 6.86. The molecule has 0 aliphatic rings. The van der Waals surface area contributed by atoms with Gasteiger partial charge in [0.25, 0.3) is 5.56 Å². The first-order valence-electron chi connectivity index (χ1n) is 6.86. The zero-order valence-corrected chi connectivity index (χ0v) is 12.7. The van der Waals surface area contributed by atoms with Gasteiger partial charge in [-0.3, -0.25) is 9.36 Å². The lowest BCUT2D eigenvalue weighted by Gasteiger charge is -2.08. The van der Waals surface area contributed by atoms with Crippen molar-refractivity contribution >= 4 is 5.52 Å². The number of nitrogens with zero attached hydrogens (tertiary/aromatic N) is 4. The number of ether oxygens (including phenoxy) is 2. The first kappa shape index (κ1) is 14.7. The van der Waals surface area contributed by atoms with Crippen LogP contribution in [0.25, 0.3) is 16.8 Å². The van der Waals surface area contributed by atoms with Gasteiger partial charge in [-0.05, 0) is 24.3 Å². The zero-order valence-electron chi connectivity index (χ0n) is 12.7. The normalized spacial score (nSPS) is 10.5. The Morgan fingerprint density at radius 2 is 1.96 bits per heavy atom. The molecule has 3 rings (SSSR count). The number of rotatable bonds is 4. The quantitative estimate of drug-likeness (QED) is 0.732. The summed E-state index contributed by atoms with van der Waals surface area (Å²) in [5.41, 5.74) is 1.59. The molecule has 0 atom stereocenters. The Hall–Kier alpha value is -3.27. The molecule has 2 heterocycles. The highest BCUT2D eigenvalue weighted by atomic mass is 16.5. The highest BCUT2D eigenvalue weighted by molar-refractivity contribution is 5.68. The van der Waals surface area contributed by atoms with Crippen LogP contribution in [0.2, 0.25) is 0 Å². The molecule has 0 N–H and O–H groups in total. The first-order chi connectivity index (χ1) is 11.2. The number of fused-ring (bicyclic) bond motifs is 1. The molecule has 7 heteroatoms. The molecule has 0 unspecified atom stereocenters. The summed E-state index contributed by atoms with van der Waals surface area (Å²) in [7, 11) is 3.13. The Morgan fingerprint density at radius 1 is 1.17 bits per heavy atom. The lowest BCUT2D eigenvalue weighted by molar-refractivity contribution is 0.355. The Labute approximate surface area is 131 Å². The number of hydrogen-bond acceptors (Lipinski definition) is 5. The molecule has 0 amide bonds. The number of nitriles is 1. The lowest BCUT2D eigenvalue weighted by atomic mass is 10.1. The van der Waals surface area contributed by atoms with Crippen LogP contribution in [0, 0.1) is 11.3 Å². The fourth-order valence-corrected chi connectivity index (χ4v) is 2.36. The number of methoxy groups -OCH3 is 2. The molecule has 0 radical (unpaired) electrons. The summed E-state index contributed by atoms with van der Waals surface area (Å²) in [6, 6.07) is 9.08. The van der Waals surface area contributed by atoms with Crippen LogP contribution in [-0.4, -0.2) is 28.4 Å². The van der Waals surface area contributed by atoms with Crippen molar-refractivity contribution in [2.75, 3.05) is 14.2 Å². The van der Waals surface area contributed by atoms with Crippen molar-refractivity contribution in [3.63, 3.8) is 0 Å². The maximum Gasteiger partial charge on any atom is 0.277 e. The van der Waals surface area contributed by atoms with Gasteiger partial charge < -0.3 is 9.47 Å². The van der Waals surface area contributed by atoms with Gasteiger partial charge in [0.1, 0.15) is 12.1 Å². The van der Waals surface area contributed by atoms with Crippen molar-refractivity contribution in [3.05, 3.63) is 47.0 Å². The van der Waals surface area contributed by atoms with E-state index in [1.807, 2.05) is 12.1 Å². The molecule has 0 fully saturated rings. The van der Waals surface area contributed by atoms with Gasteiger partial charge in [-0.1, -0.05) is 0 Å². The van der Waals surface area contributed by atoms with E-state index in [1.54, 1.807) is 44.8 Å². The van der Waals surface area contributed by atoms with Crippen molar-refractivity contribution in [3.8, 4) is 28.8 Å². The molecular formula is C16H14N4O3. The van der Waals surface area contributed by atoms with Gasteiger partial charge in [0.2, 0.25) is 0 Å². The molecule has 7 nitrogen and oxygen atoms in total. The number of benzene rings is 1. The molecular weight excluding hydrogens is 296 g/mol. The zero-order chi connectivity index (χ0) is 16.4. The summed E-state index contributed by atoms with van der Waals surface area (Å²) in [5.74, 6) is 1.21. The monoisotopic (exact) mass is 310 g/mol. The second kappa shape index (κ2) is 5.85. The van der Waals surface area contributed by atoms with Crippen LogP contribution in [0.15, 0.2) is 41.5 Å². The maximum atomic E-state index is 12.3. The summed E-state index contributed by atoms with van der Waals surface area (Å²) in [5, 5.41) is 13.1. The largest absolute Gasteiger partial charge is 0.493 e. The average molecular weight is 310 g/mol. The fraction of sp³-hybridized carbons (Fsp3) is 0.188. The highest BCUT2D eigenvalue weighted by Gasteiger charge is 2.11. The van der Waals surface area contributed by atoms with Gasteiger partial charge in [0.05, 0.1) is 26.0 Å². The summed E-state index contributed by atoms with van der Waals surface area (Å²) in [6.45, 7) is 0.00616. The van der Waals surface area contributed by atoms with Crippen molar-refractivity contribution in [1.82, 2.24) is 14.2 Å². The Kier molecular flexibility index (Phi) is 3.73. The van der Waals surface area contributed by atoms with Crippen molar-refractivity contribution < 1.29 is 9.47 Å². The van der Waals surface area contributed by atoms with Crippen molar-refractivity contribution in [2.24, 2.45) is 0 Å². The second-order valence-electron chi connectivity index (χ2n) is 4.82. The third-order valence-corrected chi connectivity index (χ3v) is 3.52.